The first-order valence-electron chi connectivity index (χ1n) is 13.6. The van der Waals surface area contributed by atoms with E-state index in [1.165, 1.54) is 0 Å². The van der Waals surface area contributed by atoms with Crippen LogP contribution >= 0.6 is 11.6 Å². The van der Waals surface area contributed by atoms with Gasteiger partial charge in [0.2, 0.25) is 17.7 Å². The zero-order valence-electron chi connectivity index (χ0n) is 22.2. The van der Waals surface area contributed by atoms with Gasteiger partial charge >= 0.3 is 0 Å². The van der Waals surface area contributed by atoms with E-state index in [1.807, 2.05) is 54.4 Å². The Hall–Kier alpha value is -3.06. The summed E-state index contributed by atoms with van der Waals surface area (Å²) in [5.41, 5.74) is 0.524. The van der Waals surface area contributed by atoms with Crippen molar-refractivity contribution in [3.05, 3.63) is 65.2 Å². The van der Waals surface area contributed by atoms with E-state index in [9.17, 15) is 14.4 Å². The molecule has 8 heteroatoms. The van der Waals surface area contributed by atoms with Crippen LogP contribution in [0.5, 0.6) is 5.75 Å². The number of piperidine rings is 1. The number of halogens is 1. The maximum Gasteiger partial charge on any atom is 0.242 e. The minimum absolute atomic E-state index is 0.0144. The van der Waals surface area contributed by atoms with E-state index in [-0.39, 0.29) is 30.7 Å². The maximum atomic E-state index is 13.5. The van der Waals surface area contributed by atoms with Crippen LogP contribution in [0.1, 0.15) is 50.5 Å². The molecule has 2 heterocycles. The maximum absolute atomic E-state index is 13.5. The molecule has 0 spiro atoms. The van der Waals surface area contributed by atoms with Crippen LogP contribution in [0.15, 0.2) is 54.6 Å². The van der Waals surface area contributed by atoms with Gasteiger partial charge in [0.25, 0.3) is 0 Å². The predicted octanol–water partition coefficient (Wildman–Crippen LogP) is 4.78. The molecule has 38 heavy (non-hydrogen) atoms. The number of likely N-dealkylation sites (tertiary alicyclic amines) is 2. The van der Waals surface area contributed by atoms with Gasteiger partial charge in [0.1, 0.15) is 5.75 Å². The summed E-state index contributed by atoms with van der Waals surface area (Å²) in [5, 5.41) is 0.581. The van der Waals surface area contributed by atoms with Crippen molar-refractivity contribution in [2.45, 2.75) is 51.5 Å². The van der Waals surface area contributed by atoms with E-state index in [0.717, 1.165) is 37.7 Å². The summed E-state index contributed by atoms with van der Waals surface area (Å²) in [6.45, 7) is 2.58. The van der Waals surface area contributed by atoms with E-state index < -0.39 is 5.41 Å². The van der Waals surface area contributed by atoms with Crippen molar-refractivity contribution in [2.75, 3.05) is 39.8 Å². The number of carbonyl (C=O) groups is 3. The van der Waals surface area contributed by atoms with E-state index >= 15 is 0 Å². The SMILES string of the molecule is CN(Cc1ccccc1)C(=O)C[C@@]1(COc2cccc(Cl)c2)CCCN(C(=O)CN2CCCCCC2=O)C1. The lowest BCUT2D eigenvalue weighted by molar-refractivity contribution is -0.144. The predicted molar refractivity (Wildman–Crippen MR) is 148 cm³/mol. The van der Waals surface area contributed by atoms with Gasteiger partial charge in [0.15, 0.2) is 0 Å². The molecule has 204 valence electrons. The minimum atomic E-state index is -0.541. The highest BCUT2D eigenvalue weighted by Crippen LogP contribution is 2.36. The van der Waals surface area contributed by atoms with Gasteiger partial charge in [-0.15, -0.1) is 0 Å². The summed E-state index contributed by atoms with van der Waals surface area (Å²) in [5.74, 6) is 0.652. The van der Waals surface area contributed by atoms with Crippen LogP contribution < -0.4 is 4.74 Å². The molecule has 7 nitrogen and oxygen atoms in total. The van der Waals surface area contributed by atoms with Gasteiger partial charge in [-0.3, -0.25) is 14.4 Å². The minimum Gasteiger partial charge on any atom is -0.493 e. The standard InChI is InChI=1S/C30H38ClN3O4/c1-32(20-24-10-4-2-5-11-24)28(36)19-30(23-38-26-13-8-12-25(31)18-26)15-9-17-34(22-30)29(37)21-33-16-7-3-6-14-27(33)35/h2,4-5,8,10-13,18H,3,6-7,9,14-17,19-23H2,1H3/t30-/m0/s1. The Kier molecular flexibility index (Phi) is 9.67. The monoisotopic (exact) mass is 539 g/mol. The second-order valence-corrected chi connectivity index (χ2v) is 11.1. The molecular weight excluding hydrogens is 502 g/mol. The van der Waals surface area contributed by atoms with Gasteiger partial charge in [-0.2, -0.15) is 0 Å². The molecule has 0 radical (unpaired) electrons. The van der Waals surface area contributed by atoms with Gasteiger partial charge < -0.3 is 19.4 Å². The Bertz CT molecular complexity index is 1110. The van der Waals surface area contributed by atoms with Crippen LogP contribution in [-0.4, -0.2) is 72.3 Å². The Balaban J connectivity index is 1.47. The normalized spacial score (nSPS) is 20.1. The fourth-order valence-electron chi connectivity index (χ4n) is 5.40. The zero-order chi connectivity index (χ0) is 27.0. The van der Waals surface area contributed by atoms with E-state index in [0.29, 0.717) is 50.0 Å². The molecule has 0 saturated carbocycles. The largest absolute Gasteiger partial charge is 0.493 e. The number of nitrogens with zero attached hydrogens (tertiary/aromatic N) is 3. The molecule has 4 rings (SSSR count). The topological polar surface area (TPSA) is 70.2 Å². The highest BCUT2D eigenvalue weighted by molar-refractivity contribution is 6.30. The number of rotatable bonds is 9. The Morgan fingerprint density at radius 3 is 2.63 bits per heavy atom. The number of amides is 3. The lowest BCUT2D eigenvalue weighted by Gasteiger charge is -2.43. The number of ether oxygens (including phenoxy) is 1. The van der Waals surface area contributed by atoms with Crippen molar-refractivity contribution in [1.29, 1.82) is 0 Å². The van der Waals surface area contributed by atoms with Crippen molar-refractivity contribution >= 4 is 29.3 Å². The average molecular weight is 540 g/mol. The van der Waals surface area contributed by atoms with Gasteiger partial charge in [0, 0.05) is 56.5 Å². The second kappa shape index (κ2) is 13.1. The molecule has 2 aliphatic heterocycles. The van der Waals surface area contributed by atoms with Crippen LogP contribution in [0.25, 0.3) is 0 Å². The van der Waals surface area contributed by atoms with Crippen LogP contribution in [0.3, 0.4) is 0 Å². The van der Waals surface area contributed by atoms with Crippen molar-refractivity contribution in [1.82, 2.24) is 14.7 Å². The summed E-state index contributed by atoms with van der Waals surface area (Å²) in [7, 11) is 1.82. The first-order chi connectivity index (χ1) is 18.3. The van der Waals surface area contributed by atoms with Crippen molar-refractivity contribution in [2.24, 2.45) is 5.41 Å². The van der Waals surface area contributed by atoms with Gasteiger partial charge in [-0.1, -0.05) is 54.4 Å². The van der Waals surface area contributed by atoms with Crippen LogP contribution in [0.2, 0.25) is 5.02 Å². The van der Waals surface area contributed by atoms with Crippen molar-refractivity contribution in [3.63, 3.8) is 0 Å². The third-order valence-electron chi connectivity index (χ3n) is 7.57. The smallest absolute Gasteiger partial charge is 0.242 e. The molecule has 2 aliphatic rings. The number of hydrogen-bond acceptors (Lipinski definition) is 4. The van der Waals surface area contributed by atoms with E-state index in [4.69, 9.17) is 16.3 Å². The molecular formula is C30H38ClN3O4. The fourth-order valence-corrected chi connectivity index (χ4v) is 5.58. The van der Waals surface area contributed by atoms with Gasteiger partial charge in [-0.25, -0.2) is 0 Å². The summed E-state index contributed by atoms with van der Waals surface area (Å²) >= 11 is 6.16. The Morgan fingerprint density at radius 2 is 1.84 bits per heavy atom. The molecule has 1 atom stereocenters. The molecule has 2 aromatic rings. The number of hydrogen-bond donors (Lipinski definition) is 0. The van der Waals surface area contributed by atoms with Gasteiger partial charge in [-0.05, 0) is 49.4 Å². The Labute approximate surface area is 230 Å². The molecule has 2 fully saturated rings. The molecule has 0 N–H and O–H groups in total. The molecule has 0 unspecified atom stereocenters. The number of benzene rings is 2. The highest BCUT2D eigenvalue weighted by atomic mass is 35.5. The molecule has 3 amide bonds. The first kappa shape index (κ1) is 28.0. The molecule has 0 aromatic heterocycles. The molecule has 0 aliphatic carbocycles. The van der Waals surface area contributed by atoms with Gasteiger partial charge in [0.05, 0.1) is 13.2 Å². The molecule has 2 aromatic carbocycles. The zero-order valence-corrected chi connectivity index (χ0v) is 23.0. The Morgan fingerprint density at radius 1 is 1.03 bits per heavy atom. The van der Waals surface area contributed by atoms with Crippen molar-refractivity contribution < 1.29 is 19.1 Å². The average Bonchev–Trinajstić information content (AvgIpc) is 3.12. The van der Waals surface area contributed by atoms with E-state index in [2.05, 4.69) is 0 Å². The van der Waals surface area contributed by atoms with Crippen LogP contribution in [0.4, 0.5) is 0 Å². The summed E-state index contributed by atoms with van der Waals surface area (Å²) in [6, 6.07) is 17.1. The molecule has 0 bridgehead atoms. The van der Waals surface area contributed by atoms with Crippen LogP contribution in [-0.2, 0) is 20.9 Å². The quantitative estimate of drug-likeness (QED) is 0.460. The summed E-state index contributed by atoms with van der Waals surface area (Å²) in [4.78, 5) is 44.6. The lowest BCUT2D eigenvalue weighted by atomic mass is 9.77. The number of carbonyl (C=O) groups excluding carboxylic acids is 3. The first-order valence-corrected chi connectivity index (χ1v) is 13.9. The lowest BCUT2D eigenvalue weighted by Crippen LogP contribution is -2.53. The molecule has 2 saturated heterocycles. The highest BCUT2D eigenvalue weighted by Gasteiger charge is 2.41. The second-order valence-electron chi connectivity index (χ2n) is 10.7. The third-order valence-corrected chi connectivity index (χ3v) is 7.80. The third kappa shape index (κ3) is 7.73. The summed E-state index contributed by atoms with van der Waals surface area (Å²) < 4.78 is 6.18. The summed E-state index contributed by atoms with van der Waals surface area (Å²) in [6.07, 6.45) is 5.15. The van der Waals surface area contributed by atoms with E-state index in [1.54, 1.807) is 21.9 Å². The van der Waals surface area contributed by atoms with Crippen molar-refractivity contribution in [3.8, 4) is 5.75 Å². The van der Waals surface area contributed by atoms with Crippen LogP contribution in [0, 0.1) is 5.41 Å². The fraction of sp³-hybridized carbons (Fsp3) is 0.500.